The summed E-state index contributed by atoms with van der Waals surface area (Å²) in [5.74, 6) is 0.259. The smallest absolute Gasteiger partial charge is 0.273 e. The lowest BCUT2D eigenvalue weighted by Crippen LogP contribution is -2.21. The van der Waals surface area contributed by atoms with E-state index in [-0.39, 0.29) is 18.0 Å². The Morgan fingerprint density at radius 1 is 1.35 bits per heavy atom. The molecule has 0 fully saturated rings. The Hall–Kier alpha value is -3.16. The van der Waals surface area contributed by atoms with Gasteiger partial charge in [-0.05, 0) is 18.2 Å². The summed E-state index contributed by atoms with van der Waals surface area (Å²) >= 11 is 0. The molecule has 1 amide bonds. The van der Waals surface area contributed by atoms with E-state index in [2.05, 4.69) is 10.3 Å². The Balaban J connectivity index is 1.90. The lowest BCUT2D eigenvalue weighted by Gasteiger charge is -2.12. The van der Waals surface area contributed by atoms with E-state index in [1.807, 2.05) is 25.1 Å². The number of ether oxygens (including phenoxy) is 1. The van der Waals surface area contributed by atoms with E-state index in [0.717, 1.165) is 5.69 Å². The topological polar surface area (TPSA) is 97.6 Å². The molecule has 2 rings (SSSR count). The zero-order chi connectivity index (χ0) is 16.8. The van der Waals surface area contributed by atoms with Gasteiger partial charge in [-0.25, -0.2) is 4.98 Å². The number of nitrogens with one attached hydrogen (secondary N) is 1. The molecular weight excluding hydrogens is 300 g/mol. The summed E-state index contributed by atoms with van der Waals surface area (Å²) in [5, 5.41) is 13.3. The third kappa shape index (κ3) is 4.67. The molecule has 0 saturated carbocycles. The van der Waals surface area contributed by atoms with Crippen LogP contribution in [0.3, 0.4) is 0 Å². The van der Waals surface area contributed by atoms with Crippen LogP contribution in [0.2, 0.25) is 0 Å². The molecule has 1 aromatic heterocycles. The van der Waals surface area contributed by atoms with Gasteiger partial charge in [0, 0.05) is 20.2 Å². The molecule has 8 heteroatoms. The summed E-state index contributed by atoms with van der Waals surface area (Å²) in [4.78, 5) is 28.0. The van der Waals surface area contributed by atoms with Crippen molar-refractivity contribution in [1.29, 1.82) is 0 Å². The van der Waals surface area contributed by atoms with Gasteiger partial charge >= 0.3 is 0 Å². The highest BCUT2D eigenvalue weighted by Crippen LogP contribution is 2.19. The van der Waals surface area contributed by atoms with E-state index in [0.29, 0.717) is 5.82 Å². The van der Waals surface area contributed by atoms with Crippen molar-refractivity contribution in [2.75, 3.05) is 30.9 Å². The monoisotopic (exact) mass is 316 g/mol. The summed E-state index contributed by atoms with van der Waals surface area (Å²) in [7, 11) is 3.78. The lowest BCUT2D eigenvalue weighted by molar-refractivity contribution is -0.384. The summed E-state index contributed by atoms with van der Waals surface area (Å²) in [6.45, 7) is -0.266. The van der Waals surface area contributed by atoms with Crippen LogP contribution in [-0.2, 0) is 4.79 Å². The minimum Gasteiger partial charge on any atom is -0.484 e. The van der Waals surface area contributed by atoms with Crippen LogP contribution in [0.25, 0.3) is 0 Å². The molecule has 0 saturated heterocycles. The summed E-state index contributed by atoms with van der Waals surface area (Å²) in [5.41, 5.74) is 0.819. The number of hydrogen-bond donors (Lipinski definition) is 1. The fourth-order valence-corrected chi connectivity index (χ4v) is 1.74. The van der Waals surface area contributed by atoms with Gasteiger partial charge in [-0.3, -0.25) is 14.9 Å². The minimum absolute atomic E-state index is 0.0937. The number of anilines is 2. The number of pyridine rings is 1. The second-order valence-corrected chi connectivity index (χ2v) is 4.89. The number of non-ortho nitro benzene ring substituents is 1. The number of aromatic nitrogens is 1. The van der Waals surface area contributed by atoms with Gasteiger partial charge in [0.15, 0.2) is 6.61 Å². The molecule has 8 nitrogen and oxygen atoms in total. The molecule has 1 aromatic carbocycles. The molecule has 0 aliphatic rings. The molecule has 0 unspecified atom stereocenters. The Bertz CT molecular complexity index is 701. The summed E-state index contributed by atoms with van der Waals surface area (Å²) in [6.07, 6.45) is 1.64. The molecule has 0 bridgehead atoms. The van der Waals surface area contributed by atoms with E-state index >= 15 is 0 Å². The van der Waals surface area contributed by atoms with Gasteiger partial charge in [0.1, 0.15) is 11.6 Å². The molecular formula is C15H16N4O4. The predicted molar refractivity (Wildman–Crippen MR) is 85.8 cm³/mol. The Morgan fingerprint density at radius 3 is 2.74 bits per heavy atom. The van der Waals surface area contributed by atoms with Crippen molar-refractivity contribution in [1.82, 2.24) is 4.98 Å². The number of carbonyl (C=O) groups excluding carboxylic acids is 1. The van der Waals surface area contributed by atoms with Crippen LogP contribution in [0, 0.1) is 10.1 Å². The summed E-state index contributed by atoms with van der Waals surface area (Å²) < 4.78 is 5.24. The molecule has 1 N–H and O–H groups in total. The quantitative estimate of drug-likeness (QED) is 0.647. The van der Waals surface area contributed by atoms with Gasteiger partial charge in [-0.1, -0.05) is 6.07 Å². The Kier molecular flexibility index (Phi) is 5.08. The van der Waals surface area contributed by atoms with Crippen molar-refractivity contribution in [3.63, 3.8) is 0 Å². The van der Waals surface area contributed by atoms with Crippen LogP contribution >= 0.6 is 0 Å². The highest BCUT2D eigenvalue weighted by Gasteiger charge is 2.09. The fourth-order valence-electron chi connectivity index (χ4n) is 1.74. The highest BCUT2D eigenvalue weighted by atomic mass is 16.6. The van der Waals surface area contributed by atoms with Gasteiger partial charge in [-0.2, -0.15) is 0 Å². The van der Waals surface area contributed by atoms with Crippen LogP contribution in [0.4, 0.5) is 17.2 Å². The van der Waals surface area contributed by atoms with Crippen LogP contribution in [0.15, 0.2) is 42.6 Å². The number of benzene rings is 1. The molecule has 0 aliphatic heterocycles. The Morgan fingerprint density at radius 2 is 2.13 bits per heavy atom. The molecule has 0 radical (unpaired) electrons. The normalized spacial score (nSPS) is 10.0. The number of nitro groups is 1. The largest absolute Gasteiger partial charge is 0.484 e. The maximum Gasteiger partial charge on any atom is 0.273 e. The van der Waals surface area contributed by atoms with Crippen LogP contribution in [0.1, 0.15) is 0 Å². The molecule has 0 spiro atoms. The zero-order valence-corrected chi connectivity index (χ0v) is 12.7. The molecule has 120 valence electrons. The minimum atomic E-state index is -0.525. The SMILES string of the molecule is CN(C)c1ccc(NC(=O)COc2cccc([N+](=O)[O-])c2)nc1. The fraction of sp³-hybridized carbons (Fsp3) is 0.200. The maximum atomic E-state index is 11.8. The molecule has 0 aliphatic carbocycles. The van der Waals surface area contributed by atoms with Crippen molar-refractivity contribution >= 4 is 23.1 Å². The number of rotatable bonds is 6. The first kappa shape index (κ1) is 16.2. The van der Waals surface area contributed by atoms with Crippen LogP contribution in [0.5, 0.6) is 5.75 Å². The average Bonchev–Trinajstić information content (AvgIpc) is 2.53. The Labute approximate surface area is 132 Å². The van der Waals surface area contributed by atoms with E-state index < -0.39 is 10.8 Å². The van der Waals surface area contributed by atoms with E-state index in [4.69, 9.17) is 4.74 Å². The molecule has 2 aromatic rings. The first-order valence-electron chi connectivity index (χ1n) is 6.76. The maximum absolute atomic E-state index is 11.8. The number of hydrogen-bond acceptors (Lipinski definition) is 6. The van der Waals surface area contributed by atoms with Crippen molar-refractivity contribution < 1.29 is 14.5 Å². The lowest BCUT2D eigenvalue weighted by atomic mass is 10.3. The van der Waals surface area contributed by atoms with Gasteiger partial charge in [-0.15, -0.1) is 0 Å². The molecule has 1 heterocycles. The number of carbonyl (C=O) groups is 1. The van der Waals surface area contributed by atoms with Gasteiger partial charge in [0.05, 0.1) is 22.9 Å². The van der Waals surface area contributed by atoms with E-state index in [9.17, 15) is 14.9 Å². The first-order valence-corrected chi connectivity index (χ1v) is 6.76. The van der Waals surface area contributed by atoms with Crippen LogP contribution in [-0.4, -0.2) is 36.5 Å². The highest BCUT2D eigenvalue weighted by molar-refractivity contribution is 5.91. The van der Waals surface area contributed by atoms with Crippen molar-refractivity contribution in [3.8, 4) is 5.75 Å². The third-order valence-electron chi connectivity index (χ3n) is 2.93. The first-order chi connectivity index (χ1) is 11.0. The van der Waals surface area contributed by atoms with Crippen molar-refractivity contribution in [2.24, 2.45) is 0 Å². The zero-order valence-electron chi connectivity index (χ0n) is 12.7. The predicted octanol–water partition coefficient (Wildman–Crippen LogP) is 2.07. The average molecular weight is 316 g/mol. The number of amides is 1. The van der Waals surface area contributed by atoms with Crippen molar-refractivity contribution in [2.45, 2.75) is 0 Å². The third-order valence-corrected chi connectivity index (χ3v) is 2.93. The second-order valence-electron chi connectivity index (χ2n) is 4.89. The standard InChI is InChI=1S/C15H16N4O4/c1-18(2)12-6-7-14(16-9-12)17-15(20)10-23-13-5-3-4-11(8-13)19(21)22/h3-9H,10H2,1-2H3,(H,16,17,20). The van der Waals surface area contributed by atoms with Gasteiger partial charge in [0.2, 0.25) is 0 Å². The van der Waals surface area contributed by atoms with Crippen LogP contribution < -0.4 is 15.0 Å². The van der Waals surface area contributed by atoms with Gasteiger partial charge in [0.25, 0.3) is 11.6 Å². The number of nitrogens with zero attached hydrogens (tertiary/aromatic N) is 3. The second kappa shape index (κ2) is 7.21. The summed E-state index contributed by atoms with van der Waals surface area (Å²) in [6, 6.07) is 9.16. The van der Waals surface area contributed by atoms with E-state index in [1.54, 1.807) is 18.3 Å². The van der Waals surface area contributed by atoms with Crippen molar-refractivity contribution in [3.05, 3.63) is 52.7 Å². The van der Waals surface area contributed by atoms with Gasteiger partial charge < -0.3 is 15.0 Å². The molecule has 0 atom stereocenters. The molecule has 23 heavy (non-hydrogen) atoms. The van der Waals surface area contributed by atoms with E-state index in [1.165, 1.54) is 18.2 Å². The number of nitro benzene ring substituents is 1.